The fourth-order valence-electron chi connectivity index (χ4n) is 4.72. The molecule has 23 heavy (non-hydrogen) atoms. The van der Waals surface area contributed by atoms with Crippen molar-refractivity contribution < 1.29 is 4.74 Å². The van der Waals surface area contributed by atoms with E-state index in [1.807, 2.05) is 6.07 Å². The Hall–Kier alpha value is -1.73. The van der Waals surface area contributed by atoms with Gasteiger partial charge < -0.3 is 4.74 Å². The van der Waals surface area contributed by atoms with Gasteiger partial charge in [0.1, 0.15) is 11.4 Å². The van der Waals surface area contributed by atoms with E-state index in [0.29, 0.717) is 5.92 Å². The van der Waals surface area contributed by atoms with Gasteiger partial charge in [0.15, 0.2) is 0 Å². The van der Waals surface area contributed by atoms with Gasteiger partial charge in [-0.15, -0.1) is 11.6 Å². The van der Waals surface area contributed by atoms with Crippen molar-refractivity contribution in [3.05, 3.63) is 60.2 Å². The first-order chi connectivity index (χ1) is 11.2. The first-order valence-corrected chi connectivity index (χ1v) is 8.85. The minimum Gasteiger partial charge on any atom is -0.480 e. The van der Waals surface area contributed by atoms with Crippen molar-refractivity contribution in [3.63, 3.8) is 0 Å². The summed E-state index contributed by atoms with van der Waals surface area (Å²) in [5.41, 5.74) is 3.28. The molecule has 5 rings (SSSR count). The lowest BCUT2D eigenvalue weighted by Gasteiger charge is -2.40. The molecule has 0 aromatic heterocycles. The van der Waals surface area contributed by atoms with Crippen LogP contribution in [0, 0.1) is 5.92 Å². The Labute approximate surface area is 141 Å². The van der Waals surface area contributed by atoms with Crippen molar-refractivity contribution in [2.24, 2.45) is 5.92 Å². The van der Waals surface area contributed by atoms with E-state index >= 15 is 0 Å². The van der Waals surface area contributed by atoms with E-state index in [-0.39, 0.29) is 10.5 Å². The molecule has 0 saturated heterocycles. The number of benzene rings is 2. The van der Waals surface area contributed by atoms with Gasteiger partial charge >= 0.3 is 0 Å². The molecular formula is C21H19ClO. The first kappa shape index (κ1) is 13.7. The minimum atomic E-state index is -0.295. The maximum absolute atomic E-state index is 6.98. The quantitative estimate of drug-likeness (QED) is 0.614. The smallest absolute Gasteiger partial charge is 0.149 e. The van der Waals surface area contributed by atoms with Gasteiger partial charge in [-0.25, -0.2) is 0 Å². The highest BCUT2D eigenvalue weighted by molar-refractivity contribution is 6.25. The van der Waals surface area contributed by atoms with Crippen molar-refractivity contribution in [1.29, 1.82) is 0 Å². The molecule has 0 amide bonds. The summed E-state index contributed by atoms with van der Waals surface area (Å²) < 4.78 is 6.61. The molecule has 2 aromatic rings. The Morgan fingerprint density at radius 2 is 1.74 bits per heavy atom. The van der Waals surface area contributed by atoms with Gasteiger partial charge in [-0.3, -0.25) is 0 Å². The van der Waals surface area contributed by atoms with E-state index in [9.17, 15) is 0 Å². The molecule has 0 N–H and O–H groups in total. The zero-order valence-electron chi connectivity index (χ0n) is 13.0. The maximum Gasteiger partial charge on any atom is 0.149 e. The maximum atomic E-state index is 6.98. The van der Waals surface area contributed by atoms with Gasteiger partial charge in [-0.1, -0.05) is 48.5 Å². The van der Waals surface area contributed by atoms with Crippen molar-refractivity contribution in [1.82, 2.24) is 0 Å². The molecule has 2 aromatic carbocycles. The zero-order chi connectivity index (χ0) is 15.5. The Bertz CT molecular complexity index is 787. The SMILES string of the molecule is ClC12CCC(CC1)C21C=Cc2ccc(-c3ccccc3)cc2O1. The number of hydrogen-bond acceptors (Lipinski definition) is 1. The number of ether oxygens (including phenoxy) is 1. The molecule has 3 aliphatic rings. The first-order valence-electron chi connectivity index (χ1n) is 8.47. The third kappa shape index (κ3) is 1.80. The van der Waals surface area contributed by atoms with E-state index in [2.05, 4.69) is 54.6 Å². The molecule has 1 spiro atoms. The van der Waals surface area contributed by atoms with Crippen LogP contribution in [-0.2, 0) is 0 Å². The Balaban J connectivity index is 1.59. The third-order valence-corrected chi connectivity index (χ3v) is 6.67. The lowest BCUT2D eigenvalue weighted by Crippen LogP contribution is -2.49. The number of fused-ring (bicyclic) bond motifs is 1. The summed E-state index contributed by atoms with van der Waals surface area (Å²) in [6.07, 6.45) is 8.96. The fraction of sp³-hybridized carbons (Fsp3) is 0.333. The van der Waals surface area contributed by atoms with Crippen molar-refractivity contribution in [2.75, 3.05) is 0 Å². The average molecular weight is 323 g/mol. The van der Waals surface area contributed by atoms with Gasteiger partial charge in [0.25, 0.3) is 0 Å². The number of hydrogen-bond donors (Lipinski definition) is 0. The van der Waals surface area contributed by atoms with Crippen LogP contribution >= 0.6 is 11.6 Å². The molecule has 2 bridgehead atoms. The largest absolute Gasteiger partial charge is 0.480 e. The second kappa shape index (κ2) is 4.64. The van der Waals surface area contributed by atoms with Crippen LogP contribution in [0.25, 0.3) is 17.2 Å². The molecule has 2 saturated carbocycles. The summed E-state index contributed by atoms with van der Waals surface area (Å²) in [6, 6.07) is 17.0. The Morgan fingerprint density at radius 1 is 0.957 bits per heavy atom. The van der Waals surface area contributed by atoms with Crippen LogP contribution in [-0.4, -0.2) is 10.5 Å². The summed E-state index contributed by atoms with van der Waals surface area (Å²) in [7, 11) is 0. The van der Waals surface area contributed by atoms with Crippen LogP contribution < -0.4 is 4.74 Å². The lowest BCUT2D eigenvalue weighted by molar-refractivity contribution is 0.0800. The number of halogens is 1. The minimum absolute atomic E-state index is 0.214. The number of rotatable bonds is 1. The molecule has 1 heterocycles. The summed E-state index contributed by atoms with van der Waals surface area (Å²) in [6.45, 7) is 0. The van der Waals surface area contributed by atoms with Gasteiger partial charge in [0.05, 0.1) is 4.87 Å². The Morgan fingerprint density at radius 3 is 2.43 bits per heavy atom. The topological polar surface area (TPSA) is 9.23 Å². The molecule has 1 unspecified atom stereocenters. The van der Waals surface area contributed by atoms with Crippen LogP contribution in [0.15, 0.2) is 54.6 Å². The Kier molecular flexibility index (Phi) is 2.76. The van der Waals surface area contributed by atoms with Gasteiger partial charge in [0, 0.05) is 11.5 Å². The van der Waals surface area contributed by atoms with E-state index in [4.69, 9.17) is 16.3 Å². The molecule has 2 aliphatic carbocycles. The standard InChI is InChI=1S/C21H19ClO/c22-20-11-9-18(10-12-20)21(20)13-8-16-6-7-17(14-19(16)23-21)15-4-2-1-3-5-15/h1-8,13-14,18H,9-12H2. The predicted molar refractivity (Wildman–Crippen MR) is 94.8 cm³/mol. The van der Waals surface area contributed by atoms with E-state index < -0.39 is 0 Å². The van der Waals surface area contributed by atoms with Crippen molar-refractivity contribution in [2.45, 2.75) is 36.2 Å². The average Bonchev–Trinajstić information content (AvgIpc) is 3.01. The molecule has 116 valence electrons. The van der Waals surface area contributed by atoms with Gasteiger partial charge in [-0.05, 0) is 49.0 Å². The summed E-state index contributed by atoms with van der Waals surface area (Å²) in [4.78, 5) is -0.214. The molecular weight excluding hydrogens is 304 g/mol. The van der Waals surface area contributed by atoms with Crippen LogP contribution in [0.5, 0.6) is 5.75 Å². The molecule has 1 aliphatic heterocycles. The normalized spacial score (nSPS) is 33.7. The van der Waals surface area contributed by atoms with Gasteiger partial charge in [-0.2, -0.15) is 0 Å². The summed E-state index contributed by atoms with van der Waals surface area (Å²) in [5.74, 6) is 1.54. The van der Waals surface area contributed by atoms with E-state index in [1.54, 1.807) is 0 Å². The van der Waals surface area contributed by atoms with Gasteiger partial charge in [0.2, 0.25) is 0 Å². The summed E-state index contributed by atoms with van der Waals surface area (Å²) in [5, 5.41) is 0. The highest BCUT2D eigenvalue weighted by Crippen LogP contribution is 2.62. The molecule has 1 atom stereocenters. The third-order valence-electron chi connectivity index (χ3n) is 5.99. The predicted octanol–water partition coefficient (Wildman–Crippen LogP) is 5.68. The van der Waals surface area contributed by atoms with Crippen LogP contribution in [0.4, 0.5) is 0 Å². The van der Waals surface area contributed by atoms with Crippen molar-refractivity contribution >= 4 is 17.7 Å². The van der Waals surface area contributed by atoms with Crippen LogP contribution in [0.3, 0.4) is 0 Å². The summed E-state index contributed by atoms with van der Waals surface area (Å²) >= 11 is 6.98. The van der Waals surface area contributed by atoms with Crippen LogP contribution in [0.2, 0.25) is 0 Å². The zero-order valence-corrected chi connectivity index (χ0v) is 13.7. The fourth-order valence-corrected chi connectivity index (χ4v) is 5.20. The van der Waals surface area contributed by atoms with E-state index in [1.165, 1.54) is 24.0 Å². The lowest BCUT2D eigenvalue weighted by atomic mass is 9.87. The van der Waals surface area contributed by atoms with E-state index in [0.717, 1.165) is 24.2 Å². The highest BCUT2D eigenvalue weighted by atomic mass is 35.5. The molecule has 0 radical (unpaired) electrons. The molecule has 2 fully saturated rings. The number of alkyl halides is 1. The highest BCUT2D eigenvalue weighted by Gasteiger charge is 2.65. The second-order valence-corrected chi connectivity index (χ2v) is 7.81. The molecule has 1 nitrogen and oxygen atoms in total. The van der Waals surface area contributed by atoms with Crippen molar-refractivity contribution in [3.8, 4) is 16.9 Å². The van der Waals surface area contributed by atoms with Crippen LogP contribution in [0.1, 0.15) is 31.2 Å². The second-order valence-electron chi connectivity index (χ2n) is 7.09. The molecule has 2 heteroatoms. The monoisotopic (exact) mass is 322 g/mol.